The van der Waals surface area contributed by atoms with Crippen LogP contribution in [0.15, 0.2) is 66.7 Å². The normalized spacial score (nSPS) is 17.5. The van der Waals surface area contributed by atoms with Crippen LogP contribution in [0.4, 0.5) is 4.39 Å². The summed E-state index contributed by atoms with van der Waals surface area (Å²) >= 11 is 0. The number of nitriles is 1. The molecule has 35 heavy (non-hydrogen) atoms. The molecule has 0 bridgehead atoms. The molecule has 0 aromatic heterocycles. The second kappa shape index (κ2) is 11.8. The van der Waals surface area contributed by atoms with Crippen molar-refractivity contribution in [1.82, 2.24) is 0 Å². The zero-order valence-electron chi connectivity index (χ0n) is 20.3. The number of carbonyl (C=O) groups excluding carboxylic acids is 1. The second-order valence-electron chi connectivity index (χ2n) is 9.55. The Bertz CT molecular complexity index is 1170. The van der Waals surface area contributed by atoms with Gasteiger partial charge in [0, 0.05) is 0 Å². The average Bonchev–Trinajstić information content (AvgIpc) is 2.90. The predicted molar refractivity (Wildman–Crippen MR) is 137 cm³/mol. The summed E-state index contributed by atoms with van der Waals surface area (Å²) < 4.78 is 18.6. The molecule has 0 radical (unpaired) electrons. The molecular formula is C31H32FNO2. The van der Waals surface area contributed by atoms with Crippen LogP contribution < -0.4 is 4.74 Å². The molecule has 0 heterocycles. The summed E-state index contributed by atoms with van der Waals surface area (Å²) in [6.07, 6.45) is 10.7. The Morgan fingerprint density at radius 3 is 2.23 bits per heavy atom. The van der Waals surface area contributed by atoms with E-state index in [4.69, 9.17) is 10.00 Å². The summed E-state index contributed by atoms with van der Waals surface area (Å²) in [7, 11) is 0. The summed E-state index contributed by atoms with van der Waals surface area (Å²) in [6, 6.07) is 21.4. The molecule has 4 heteroatoms. The van der Waals surface area contributed by atoms with Gasteiger partial charge in [-0.1, -0.05) is 69.0 Å². The molecule has 0 amide bonds. The summed E-state index contributed by atoms with van der Waals surface area (Å²) in [5.41, 5.74) is 3.90. The first kappa shape index (κ1) is 24.7. The topological polar surface area (TPSA) is 50.1 Å². The molecular weight excluding hydrogens is 437 g/mol. The first-order chi connectivity index (χ1) is 17.1. The zero-order valence-corrected chi connectivity index (χ0v) is 20.3. The highest BCUT2D eigenvalue weighted by Crippen LogP contribution is 2.38. The quantitative estimate of drug-likeness (QED) is 0.189. The molecule has 3 aromatic rings. The average molecular weight is 470 g/mol. The number of hydrogen-bond donors (Lipinski definition) is 0. The van der Waals surface area contributed by atoms with E-state index in [9.17, 15) is 9.18 Å². The molecule has 0 atom stereocenters. The van der Waals surface area contributed by atoms with Crippen LogP contribution in [0.25, 0.3) is 11.1 Å². The third-order valence-corrected chi connectivity index (χ3v) is 7.16. The highest BCUT2D eigenvalue weighted by molar-refractivity contribution is 5.92. The van der Waals surface area contributed by atoms with Crippen molar-refractivity contribution >= 4 is 5.97 Å². The van der Waals surface area contributed by atoms with Crippen LogP contribution >= 0.6 is 0 Å². The SMILES string of the molecule is CCCCC[C@H]1CC[C@H](c2ccc(-c3ccc(C(=O)Oc4ccc(F)cc4C#N)cc3)cc2)CC1. The van der Waals surface area contributed by atoms with Gasteiger partial charge >= 0.3 is 5.97 Å². The predicted octanol–water partition coefficient (Wildman–Crippen LogP) is 8.44. The van der Waals surface area contributed by atoms with Gasteiger partial charge in [-0.05, 0) is 84.5 Å². The van der Waals surface area contributed by atoms with Gasteiger partial charge in [0.05, 0.1) is 11.1 Å². The van der Waals surface area contributed by atoms with Crippen molar-refractivity contribution in [1.29, 1.82) is 5.26 Å². The van der Waals surface area contributed by atoms with Gasteiger partial charge in [0.25, 0.3) is 0 Å². The summed E-state index contributed by atoms with van der Waals surface area (Å²) in [4.78, 5) is 12.5. The first-order valence-electron chi connectivity index (χ1n) is 12.7. The molecule has 0 unspecified atom stereocenters. The van der Waals surface area contributed by atoms with Gasteiger partial charge < -0.3 is 4.74 Å². The molecule has 0 aliphatic heterocycles. The fourth-order valence-corrected chi connectivity index (χ4v) is 5.05. The molecule has 1 aliphatic rings. The Morgan fingerprint density at radius 2 is 1.60 bits per heavy atom. The van der Waals surface area contributed by atoms with Crippen LogP contribution in [0.5, 0.6) is 5.75 Å². The van der Waals surface area contributed by atoms with E-state index in [1.807, 2.05) is 18.2 Å². The van der Waals surface area contributed by atoms with Gasteiger partial charge in [-0.25, -0.2) is 9.18 Å². The highest BCUT2D eigenvalue weighted by atomic mass is 19.1. The van der Waals surface area contributed by atoms with E-state index < -0.39 is 11.8 Å². The van der Waals surface area contributed by atoms with Crippen LogP contribution in [0.2, 0.25) is 0 Å². The van der Waals surface area contributed by atoms with Crippen LogP contribution in [-0.4, -0.2) is 5.97 Å². The molecule has 0 spiro atoms. The third-order valence-electron chi connectivity index (χ3n) is 7.16. The number of unbranched alkanes of at least 4 members (excludes halogenated alkanes) is 2. The zero-order chi connectivity index (χ0) is 24.6. The van der Waals surface area contributed by atoms with E-state index in [1.54, 1.807) is 12.1 Å². The van der Waals surface area contributed by atoms with Crippen molar-refractivity contribution in [3.8, 4) is 22.9 Å². The summed E-state index contributed by atoms with van der Waals surface area (Å²) in [5.74, 6) is 0.492. The molecule has 1 fully saturated rings. The van der Waals surface area contributed by atoms with Crippen LogP contribution in [0.1, 0.15) is 85.7 Å². The fourth-order valence-electron chi connectivity index (χ4n) is 5.05. The summed E-state index contributed by atoms with van der Waals surface area (Å²) in [6.45, 7) is 2.27. The van der Waals surface area contributed by atoms with Gasteiger partial charge in [0.1, 0.15) is 17.6 Å². The maximum absolute atomic E-state index is 13.3. The van der Waals surface area contributed by atoms with E-state index in [0.29, 0.717) is 11.5 Å². The second-order valence-corrected chi connectivity index (χ2v) is 9.55. The lowest BCUT2D eigenvalue weighted by Gasteiger charge is -2.29. The lowest BCUT2D eigenvalue weighted by Crippen LogP contribution is -2.13. The number of hydrogen-bond acceptors (Lipinski definition) is 3. The first-order valence-corrected chi connectivity index (χ1v) is 12.7. The maximum Gasteiger partial charge on any atom is 0.343 e. The van der Waals surface area contributed by atoms with Crippen molar-refractivity contribution in [3.05, 3.63) is 89.2 Å². The summed E-state index contributed by atoms with van der Waals surface area (Å²) in [5, 5.41) is 9.13. The number of rotatable bonds is 8. The number of esters is 1. The minimum atomic E-state index is -0.583. The molecule has 1 saturated carbocycles. The van der Waals surface area contributed by atoms with E-state index in [-0.39, 0.29) is 11.3 Å². The number of halogens is 1. The molecule has 3 nitrogen and oxygen atoms in total. The van der Waals surface area contributed by atoms with Crippen molar-refractivity contribution < 1.29 is 13.9 Å². The van der Waals surface area contributed by atoms with Gasteiger partial charge in [-0.2, -0.15) is 5.26 Å². The van der Waals surface area contributed by atoms with Gasteiger partial charge in [-0.3, -0.25) is 0 Å². The van der Waals surface area contributed by atoms with E-state index in [1.165, 1.54) is 63.0 Å². The van der Waals surface area contributed by atoms with Crippen LogP contribution in [0.3, 0.4) is 0 Å². The number of benzene rings is 3. The van der Waals surface area contributed by atoms with Crippen molar-refractivity contribution in [2.75, 3.05) is 0 Å². The lowest BCUT2D eigenvalue weighted by molar-refractivity contribution is 0.0734. The Hall–Kier alpha value is -3.45. The highest BCUT2D eigenvalue weighted by Gasteiger charge is 2.22. The standard InChI is InChI=1S/C31H32FNO2/c1-2-3-4-5-22-6-8-23(9-7-22)24-10-12-25(13-11-24)26-14-16-27(17-15-26)31(34)35-30-19-18-29(32)20-28(30)21-33/h10-20,22-23H,2-9H2,1H3/t22-,23-. The Kier molecular flexibility index (Phi) is 8.32. The molecule has 3 aromatic carbocycles. The van der Waals surface area contributed by atoms with Gasteiger partial charge in [0.2, 0.25) is 0 Å². The van der Waals surface area contributed by atoms with Crippen LogP contribution in [0, 0.1) is 23.1 Å². The van der Waals surface area contributed by atoms with E-state index in [2.05, 4.69) is 31.2 Å². The van der Waals surface area contributed by atoms with E-state index >= 15 is 0 Å². The van der Waals surface area contributed by atoms with Crippen LogP contribution in [-0.2, 0) is 0 Å². The molecule has 180 valence electrons. The van der Waals surface area contributed by atoms with Gasteiger partial charge in [-0.15, -0.1) is 0 Å². The largest absolute Gasteiger partial charge is 0.422 e. The van der Waals surface area contributed by atoms with E-state index in [0.717, 1.165) is 29.2 Å². The maximum atomic E-state index is 13.3. The number of nitrogens with zero attached hydrogens (tertiary/aromatic N) is 1. The van der Waals surface area contributed by atoms with Gasteiger partial charge in [0.15, 0.2) is 0 Å². The minimum absolute atomic E-state index is 0.0139. The third kappa shape index (κ3) is 6.36. The minimum Gasteiger partial charge on any atom is -0.422 e. The monoisotopic (exact) mass is 469 g/mol. The number of carbonyl (C=O) groups is 1. The van der Waals surface area contributed by atoms with Crippen molar-refractivity contribution in [3.63, 3.8) is 0 Å². The molecule has 0 N–H and O–H groups in total. The lowest BCUT2D eigenvalue weighted by atomic mass is 9.77. The smallest absolute Gasteiger partial charge is 0.343 e. The fraction of sp³-hybridized carbons (Fsp3) is 0.355. The Morgan fingerprint density at radius 1 is 0.943 bits per heavy atom. The van der Waals surface area contributed by atoms with Crippen molar-refractivity contribution in [2.24, 2.45) is 5.92 Å². The molecule has 1 aliphatic carbocycles. The molecule has 4 rings (SSSR count). The Balaban J connectivity index is 1.35. The molecule has 0 saturated heterocycles. The van der Waals surface area contributed by atoms with Crippen molar-refractivity contribution in [2.45, 2.75) is 64.2 Å². The Labute approximate surface area is 207 Å². The number of ether oxygens (including phenoxy) is 1.